The molecule has 0 bridgehead atoms. The molecule has 166 valence electrons. The lowest BCUT2D eigenvalue weighted by Gasteiger charge is -2.14. The molecule has 29 heavy (non-hydrogen) atoms. The molecule has 3 nitrogen and oxygen atoms in total. The Labute approximate surface area is 179 Å². The van der Waals surface area contributed by atoms with Gasteiger partial charge in [-0.2, -0.15) is 0 Å². The first-order chi connectivity index (χ1) is 14.2. The Morgan fingerprint density at radius 3 is 1.83 bits per heavy atom. The smallest absolute Gasteiger partial charge is 0.258 e. The third-order valence-electron chi connectivity index (χ3n) is 5.68. The minimum Gasteiger partial charge on any atom is -0.481 e. The monoisotopic (exact) mass is 403 g/mol. The normalized spacial score (nSPS) is 12.1. The number of hydrogen-bond acceptors (Lipinski definition) is 2. The first kappa shape index (κ1) is 25.5. The van der Waals surface area contributed by atoms with Crippen LogP contribution in [-0.2, 0) is 11.2 Å². The Balaban J connectivity index is 2.01. The van der Waals surface area contributed by atoms with Crippen molar-refractivity contribution >= 4 is 5.91 Å². The van der Waals surface area contributed by atoms with Crippen LogP contribution < -0.4 is 10.5 Å². The van der Waals surface area contributed by atoms with E-state index in [1.807, 2.05) is 25.1 Å². The van der Waals surface area contributed by atoms with Crippen LogP contribution in [0.3, 0.4) is 0 Å². The van der Waals surface area contributed by atoms with Crippen molar-refractivity contribution in [3.63, 3.8) is 0 Å². The van der Waals surface area contributed by atoms with Crippen molar-refractivity contribution in [1.29, 1.82) is 0 Å². The molecular weight excluding hydrogens is 358 g/mol. The van der Waals surface area contributed by atoms with E-state index in [0.717, 1.165) is 12.2 Å². The van der Waals surface area contributed by atoms with Crippen LogP contribution in [-0.4, -0.2) is 12.0 Å². The van der Waals surface area contributed by atoms with Crippen molar-refractivity contribution in [2.75, 3.05) is 0 Å². The van der Waals surface area contributed by atoms with Gasteiger partial charge in [0.25, 0.3) is 5.91 Å². The number of amides is 1. The van der Waals surface area contributed by atoms with Gasteiger partial charge in [-0.15, -0.1) is 0 Å². The van der Waals surface area contributed by atoms with E-state index in [1.54, 1.807) is 0 Å². The Kier molecular flexibility index (Phi) is 15.3. The number of carbonyl (C=O) groups excluding carboxylic acids is 1. The maximum absolute atomic E-state index is 11.3. The highest BCUT2D eigenvalue weighted by molar-refractivity contribution is 5.79. The number of aryl methyl sites for hydroxylation is 1. The van der Waals surface area contributed by atoms with Gasteiger partial charge < -0.3 is 10.5 Å². The summed E-state index contributed by atoms with van der Waals surface area (Å²) in [7, 11) is 0. The topological polar surface area (TPSA) is 52.3 Å². The lowest BCUT2D eigenvalue weighted by atomic mass is 10.0. The van der Waals surface area contributed by atoms with E-state index >= 15 is 0 Å². The number of carbonyl (C=O) groups is 1. The van der Waals surface area contributed by atoms with Gasteiger partial charge in [-0.25, -0.2) is 0 Å². The van der Waals surface area contributed by atoms with Gasteiger partial charge in [0.2, 0.25) is 0 Å². The van der Waals surface area contributed by atoms with Gasteiger partial charge in [-0.05, 0) is 37.0 Å². The zero-order valence-electron chi connectivity index (χ0n) is 19.1. The van der Waals surface area contributed by atoms with Crippen molar-refractivity contribution in [3.05, 3.63) is 29.8 Å². The first-order valence-electron chi connectivity index (χ1n) is 12.2. The maximum atomic E-state index is 11.3. The standard InChI is InChI=1S/C26H45NO2/c1-3-5-6-7-8-9-10-11-12-13-14-15-16-17-19-23-20-18-21-24(22-23)29-25(4-2)26(27)28/h18,20-22,25H,3-17,19H2,1-2H3,(H2,27,28). The predicted molar refractivity (Wildman–Crippen MR) is 124 cm³/mol. The van der Waals surface area contributed by atoms with Crippen molar-refractivity contribution in [3.8, 4) is 5.75 Å². The summed E-state index contributed by atoms with van der Waals surface area (Å²) >= 11 is 0. The molecule has 1 aromatic rings. The first-order valence-corrected chi connectivity index (χ1v) is 12.2. The molecule has 0 aromatic heterocycles. The van der Waals surface area contributed by atoms with Crippen LogP contribution >= 0.6 is 0 Å². The summed E-state index contributed by atoms with van der Waals surface area (Å²) in [5, 5.41) is 0. The second kappa shape index (κ2) is 17.4. The number of primary amides is 1. The number of rotatable bonds is 19. The zero-order valence-corrected chi connectivity index (χ0v) is 19.1. The van der Waals surface area contributed by atoms with E-state index in [-0.39, 0.29) is 0 Å². The molecule has 1 amide bonds. The van der Waals surface area contributed by atoms with Crippen LogP contribution in [0.15, 0.2) is 24.3 Å². The van der Waals surface area contributed by atoms with Crippen LogP contribution in [0.4, 0.5) is 0 Å². The molecule has 2 N–H and O–H groups in total. The summed E-state index contributed by atoms with van der Waals surface area (Å²) in [5.41, 5.74) is 6.64. The fourth-order valence-electron chi connectivity index (χ4n) is 3.80. The molecular formula is C26H45NO2. The molecule has 0 heterocycles. The second-order valence-electron chi connectivity index (χ2n) is 8.41. The number of unbranched alkanes of at least 4 members (excludes halogenated alkanes) is 13. The minimum atomic E-state index is -0.536. The van der Waals surface area contributed by atoms with E-state index < -0.39 is 12.0 Å². The van der Waals surface area contributed by atoms with E-state index in [1.165, 1.54) is 95.5 Å². The molecule has 0 spiro atoms. The maximum Gasteiger partial charge on any atom is 0.258 e. The summed E-state index contributed by atoms with van der Waals surface area (Å²) in [5.74, 6) is 0.350. The lowest BCUT2D eigenvalue weighted by molar-refractivity contribution is -0.124. The Morgan fingerprint density at radius 1 is 0.828 bits per heavy atom. The molecule has 0 saturated heterocycles. The molecule has 0 fully saturated rings. The molecule has 0 aliphatic carbocycles. The number of benzene rings is 1. The summed E-state index contributed by atoms with van der Waals surface area (Å²) in [6.45, 7) is 4.19. The predicted octanol–water partition coefficient (Wildman–Crippen LogP) is 7.35. The SMILES string of the molecule is CCCCCCCCCCCCCCCCc1cccc(OC(CC)C(N)=O)c1. The quantitative estimate of drug-likeness (QED) is 0.245. The van der Waals surface area contributed by atoms with Crippen molar-refractivity contribution in [2.45, 2.75) is 123 Å². The third-order valence-corrected chi connectivity index (χ3v) is 5.68. The second-order valence-corrected chi connectivity index (χ2v) is 8.41. The van der Waals surface area contributed by atoms with Crippen LogP contribution in [0.5, 0.6) is 5.75 Å². The van der Waals surface area contributed by atoms with Crippen LogP contribution in [0.2, 0.25) is 0 Å². The summed E-state index contributed by atoms with van der Waals surface area (Å²) in [6.07, 6.45) is 20.5. The van der Waals surface area contributed by atoms with Crippen LogP contribution in [0.25, 0.3) is 0 Å². The average molecular weight is 404 g/mol. The number of nitrogens with two attached hydrogens (primary N) is 1. The van der Waals surface area contributed by atoms with Crippen molar-refractivity contribution < 1.29 is 9.53 Å². The van der Waals surface area contributed by atoms with Gasteiger partial charge in [-0.3, -0.25) is 4.79 Å². The molecule has 0 radical (unpaired) electrons. The van der Waals surface area contributed by atoms with Crippen LogP contribution in [0.1, 0.15) is 116 Å². The molecule has 3 heteroatoms. The van der Waals surface area contributed by atoms with Gasteiger partial charge in [0.15, 0.2) is 6.10 Å². The molecule has 1 aromatic carbocycles. The highest BCUT2D eigenvalue weighted by atomic mass is 16.5. The minimum absolute atomic E-state index is 0.398. The van der Waals surface area contributed by atoms with Gasteiger partial charge >= 0.3 is 0 Å². The highest BCUT2D eigenvalue weighted by Gasteiger charge is 2.14. The number of ether oxygens (including phenoxy) is 1. The third kappa shape index (κ3) is 13.4. The fraction of sp³-hybridized carbons (Fsp3) is 0.731. The van der Waals surface area contributed by atoms with Crippen LogP contribution in [0, 0.1) is 0 Å². The van der Waals surface area contributed by atoms with E-state index in [2.05, 4.69) is 13.0 Å². The van der Waals surface area contributed by atoms with Gasteiger partial charge in [-0.1, -0.05) is 109 Å². The molecule has 1 unspecified atom stereocenters. The Morgan fingerprint density at radius 2 is 1.34 bits per heavy atom. The lowest BCUT2D eigenvalue weighted by Crippen LogP contribution is -2.32. The van der Waals surface area contributed by atoms with Gasteiger partial charge in [0, 0.05) is 0 Å². The highest BCUT2D eigenvalue weighted by Crippen LogP contribution is 2.18. The van der Waals surface area contributed by atoms with Crippen molar-refractivity contribution in [1.82, 2.24) is 0 Å². The molecule has 0 aliphatic heterocycles. The molecule has 1 rings (SSSR count). The van der Waals surface area contributed by atoms with E-state index in [9.17, 15) is 4.79 Å². The largest absolute Gasteiger partial charge is 0.481 e. The average Bonchev–Trinajstić information content (AvgIpc) is 2.72. The summed E-state index contributed by atoms with van der Waals surface area (Å²) < 4.78 is 5.72. The fourth-order valence-corrected chi connectivity index (χ4v) is 3.80. The molecule has 0 saturated carbocycles. The van der Waals surface area contributed by atoms with Gasteiger partial charge in [0.1, 0.15) is 5.75 Å². The summed E-state index contributed by atoms with van der Waals surface area (Å²) in [6, 6.07) is 8.09. The zero-order chi connectivity index (χ0) is 21.2. The molecule has 0 aliphatic rings. The van der Waals surface area contributed by atoms with E-state index in [0.29, 0.717) is 6.42 Å². The van der Waals surface area contributed by atoms with Gasteiger partial charge in [0.05, 0.1) is 0 Å². The summed E-state index contributed by atoms with van der Waals surface area (Å²) in [4.78, 5) is 11.3. The molecule has 1 atom stereocenters. The van der Waals surface area contributed by atoms with Crippen molar-refractivity contribution in [2.24, 2.45) is 5.73 Å². The Bertz CT molecular complexity index is 529. The van der Waals surface area contributed by atoms with E-state index in [4.69, 9.17) is 10.5 Å². The Hall–Kier alpha value is -1.51. The number of hydrogen-bond donors (Lipinski definition) is 1.